The predicted octanol–water partition coefficient (Wildman–Crippen LogP) is 3.00. The normalized spacial score (nSPS) is 16.9. The number of imidazole rings is 1. The highest BCUT2D eigenvalue weighted by Gasteiger charge is 2.37. The Labute approximate surface area is 181 Å². The third-order valence-corrected chi connectivity index (χ3v) is 5.69. The van der Waals surface area contributed by atoms with E-state index in [1.165, 1.54) is 0 Å². The van der Waals surface area contributed by atoms with Crippen LogP contribution in [0.15, 0.2) is 60.9 Å². The Balaban J connectivity index is 1.58. The first-order valence-corrected chi connectivity index (χ1v) is 10.3. The first kappa shape index (κ1) is 20.7. The predicted molar refractivity (Wildman–Crippen MR) is 118 cm³/mol. The summed E-state index contributed by atoms with van der Waals surface area (Å²) in [5.74, 6) is 0.695. The van der Waals surface area contributed by atoms with Crippen LogP contribution in [0.5, 0.6) is 5.75 Å². The molecule has 7 heteroatoms. The Morgan fingerprint density at radius 3 is 2.61 bits per heavy atom. The fraction of sp³-hybridized carbons (Fsp3) is 0.292. The molecule has 1 aliphatic heterocycles. The molecule has 2 amide bonds. The van der Waals surface area contributed by atoms with Gasteiger partial charge in [0, 0.05) is 43.7 Å². The standard InChI is InChI=1S/C24H26N4O3/c1-16-8-10-18(11-9-16)28-15-17(14-21(28)29)24(30)26-22(23-25-12-13-27(23)2)19-6-4-5-7-20(19)31-3/h4-13,17,22H,14-15H2,1-3H3,(H,26,30)/t17-,22-/m1/s1. The molecule has 31 heavy (non-hydrogen) atoms. The van der Waals surface area contributed by atoms with E-state index in [0.717, 1.165) is 16.8 Å². The number of nitrogens with zero attached hydrogens (tertiary/aromatic N) is 3. The summed E-state index contributed by atoms with van der Waals surface area (Å²) in [6.07, 6.45) is 3.71. The molecule has 0 spiro atoms. The van der Waals surface area contributed by atoms with E-state index in [1.54, 1.807) is 18.2 Å². The van der Waals surface area contributed by atoms with Gasteiger partial charge in [0.05, 0.1) is 13.0 Å². The van der Waals surface area contributed by atoms with Gasteiger partial charge in [-0.3, -0.25) is 9.59 Å². The molecule has 1 aromatic heterocycles. The van der Waals surface area contributed by atoms with Crippen molar-refractivity contribution in [1.29, 1.82) is 0 Å². The number of benzene rings is 2. The number of carbonyl (C=O) groups excluding carboxylic acids is 2. The lowest BCUT2D eigenvalue weighted by atomic mass is 10.0. The largest absolute Gasteiger partial charge is 0.496 e. The van der Waals surface area contributed by atoms with Gasteiger partial charge in [0.15, 0.2) is 0 Å². The van der Waals surface area contributed by atoms with E-state index < -0.39 is 12.0 Å². The minimum atomic E-state index is -0.493. The molecule has 1 N–H and O–H groups in total. The molecule has 0 bridgehead atoms. The lowest BCUT2D eigenvalue weighted by molar-refractivity contribution is -0.126. The number of hydrogen-bond donors (Lipinski definition) is 1. The number of aryl methyl sites for hydroxylation is 2. The molecule has 0 unspecified atom stereocenters. The molecule has 2 atom stereocenters. The molecule has 0 aliphatic carbocycles. The molecule has 1 fully saturated rings. The average Bonchev–Trinajstić information content (AvgIpc) is 3.38. The van der Waals surface area contributed by atoms with Crippen molar-refractivity contribution in [3.63, 3.8) is 0 Å². The molecule has 2 heterocycles. The molecule has 7 nitrogen and oxygen atoms in total. The summed E-state index contributed by atoms with van der Waals surface area (Å²) in [6.45, 7) is 2.36. The van der Waals surface area contributed by atoms with E-state index in [-0.39, 0.29) is 18.2 Å². The van der Waals surface area contributed by atoms with E-state index >= 15 is 0 Å². The fourth-order valence-corrected chi connectivity index (χ4v) is 3.96. The van der Waals surface area contributed by atoms with Crippen LogP contribution >= 0.6 is 0 Å². The quantitative estimate of drug-likeness (QED) is 0.668. The number of ether oxygens (including phenoxy) is 1. The Kier molecular flexibility index (Phi) is 5.75. The zero-order valence-corrected chi connectivity index (χ0v) is 17.9. The van der Waals surface area contributed by atoms with Crippen LogP contribution in [0, 0.1) is 12.8 Å². The van der Waals surface area contributed by atoms with Crippen molar-refractivity contribution in [3.8, 4) is 5.75 Å². The van der Waals surface area contributed by atoms with Crippen LogP contribution in [-0.2, 0) is 16.6 Å². The van der Waals surface area contributed by atoms with Crippen LogP contribution in [0.3, 0.4) is 0 Å². The number of amides is 2. The molecule has 160 valence electrons. The summed E-state index contributed by atoms with van der Waals surface area (Å²) >= 11 is 0. The summed E-state index contributed by atoms with van der Waals surface area (Å²) < 4.78 is 7.39. The Morgan fingerprint density at radius 2 is 1.94 bits per heavy atom. The third kappa shape index (κ3) is 4.17. The number of hydrogen-bond acceptors (Lipinski definition) is 4. The van der Waals surface area contributed by atoms with Gasteiger partial charge in [0.2, 0.25) is 11.8 Å². The summed E-state index contributed by atoms with van der Waals surface area (Å²) in [5, 5.41) is 3.11. The Morgan fingerprint density at radius 1 is 1.19 bits per heavy atom. The lowest BCUT2D eigenvalue weighted by Crippen LogP contribution is -2.37. The maximum Gasteiger partial charge on any atom is 0.227 e. The van der Waals surface area contributed by atoms with Gasteiger partial charge in [0.1, 0.15) is 17.6 Å². The maximum atomic E-state index is 13.2. The summed E-state index contributed by atoms with van der Waals surface area (Å²) in [4.78, 5) is 32.0. The number of carbonyl (C=O) groups is 2. The van der Waals surface area contributed by atoms with Crippen LogP contribution in [-0.4, -0.2) is 35.0 Å². The molecule has 0 radical (unpaired) electrons. The van der Waals surface area contributed by atoms with Crippen molar-refractivity contribution < 1.29 is 14.3 Å². The van der Waals surface area contributed by atoms with Gasteiger partial charge in [-0.1, -0.05) is 35.9 Å². The molecule has 3 aromatic rings. The van der Waals surface area contributed by atoms with Crippen molar-refractivity contribution >= 4 is 17.5 Å². The minimum absolute atomic E-state index is 0.0464. The number of methoxy groups -OCH3 is 1. The van der Waals surface area contributed by atoms with Crippen LogP contribution in [0.4, 0.5) is 5.69 Å². The fourth-order valence-electron chi connectivity index (χ4n) is 3.96. The van der Waals surface area contributed by atoms with E-state index in [4.69, 9.17) is 4.74 Å². The van der Waals surface area contributed by atoms with Gasteiger partial charge < -0.3 is 19.5 Å². The second kappa shape index (κ2) is 8.63. The molecule has 1 aliphatic rings. The van der Waals surface area contributed by atoms with Crippen LogP contribution in [0.25, 0.3) is 0 Å². The maximum absolute atomic E-state index is 13.2. The van der Waals surface area contributed by atoms with Gasteiger partial charge >= 0.3 is 0 Å². The number of para-hydroxylation sites is 1. The van der Waals surface area contributed by atoms with E-state index in [1.807, 2.05) is 73.3 Å². The molecular formula is C24H26N4O3. The van der Waals surface area contributed by atoms with E-state index in [9.17, 15) is 9.59 Å². The summed E-state index contributed by atoms with van der Waals surface area (Å²) in [7, 11) is 3.49. The van der Waals surface area contributed by atoms with Gasteiger partial charge in [-0.05, 0) is 25.1 Å². The van der Waals surface area contributed by atoms with E-state index in [0.29, 0.717) is 18.1 Å². The smallest absolute Gasteiger partial charge is 0.227 e. The highest BCUT2D eigenvalue weighted by molar-refractivity contribution is 6.00. The highest BCUT2D eigenvalue weighted by atomic mass is 16.5. The van der Waals surface area contributed by atoms with Crippen LogP contribution in [0.1, 0.15) is 29.4 Å². The first-order chi connectivity index (χ1) is 15.0. The lowest BCUT2D eigenvalue weighted by Gasteiger charge is -2.23. The molecular weight excluding hydrogens is 392 g/mol. The second-order valence-electron chi connectivity index (χ2n) is 7.82. The zero-order valence-electron chi connectivity index (χ0n) is 17.9. The van der Waals surface area contributed by atoms with Gasteiger partial charge in [-0.25, -0.2) is 4.98 Å². The first-order valence-electron chi connectivity index (χ1n) is 10.3. The van der Waals surface area contributed by atoms with Crippen molar-refractivity contribution in [2.75, 3.05) is 18.6 Å². The number of anilines is 1. The molecule has 4 rings (SSSR count). The van der Waals surface area contributed by atoms with Crippen LogP contribution in [0.2, 0.25) is 0 Å². The average molecular weight is 418 g/mol. The molecule has 1 saturated heterocycles. The molecule has 0 saturated carbocycles. The monoisotopic (exact) mass is 418 g/mol. The summed E-state index contributed by atoms with van der Waals surface area (Å²) in [5.41, 5.74) is 2.75. The van der Waals surface area contributed by atoms with Gasteiger partial charge in [-0.15, -0.1) is 0 Å². The topological polar surface area (TPSA) is 76.5 Å². The van der Waals surface area contributed by atoms with E-state index in [2.05, 4.69) is 10.3 Å². The Bertz CT molecular complexity index is 1090. The zero-order chi connectivity index (χ0) is 22.0. The van der Waals surface area contributed by atoms with Gasteiger partial charge in [-0.2, -0.15) is 0 Å². The van der Waals surface area contributed by atoms with Crippen molar-refractivity contribution in [3.05, 3.63) is 77.9 Å². The van der Waals surface area contributed by atoms with Crippen LogP contribution < -0.4 is 15.0 Å². The second-order valence-corrected chi connectivity index (χ2v) is 7.82. The number of aromatic nitrogens is 2. The SMILES string of the molecule is COc1ccccc1[C@@H](NC(=O)[C@@H]1CC(=O)N(c2ccc(C)cc2)C1)c1nccn1C. The number of nitrogens with one attached hydrogen (secondary N) is 1. The van der Waals surface area contributed by atoms with Crippen molar-refractivity contribution in [2.45, 2.75) is 19.4 Å². The summed E-state index contributed by atoms with van der Waals surface area (Å²) in [6, 6.07) is 14.8. The van der Waals surface area contributed by atoms with Crippen molar-refractivity contribution in [2.24, 2.45) is 13.0 Å². The highest BCUT2D eigenvalue weighted by Crippen LogP contribution is 2.31. The number of rotatable bonds is 6. The third-order valence-electron chi connectivity index (χ3n) is 5.69. The molecule has 2 aromatic carbocycles. The Hall–Kier alpha value is -3.61. The minimum Gasteiger partial charge on any atom is -0.496 e. The van der Waals surface area contributed by atoms with Crippen molar-refractivity contribution in [1.82, 2.24) is 14.9 Å². The van der Waals surface area contributed by atoms with Gasteiger partial charge in [0.25, 0.3) is 0 Å².